The number of ether oxygens (including phenoxy) is 1. The number of amides is 1. The van der Waals surface area contributed by atoms with Crippen LogP contribution in [0.4, 0.5) is 0 Å². The van der Waals surface area contributed by atoms with Crippen LogP contribution in [0.15, 0.2) is 29.2 Å². The van der Waals surface area contributed by atoms with Crippen LogP contribution >= 0.6 is 0 Å². The summed E-state index contributed by atoms with van der Waals surface area (Å²) in [5, 5.41) is 11.2. The van der Waals surface area contributed by atoms with Gasteiger partial charge in [0.05, 0.1) is 24.4 Å². The Bertz CT molecular complexity index is 623. The monoisotopic (exact) mass is 329 g/mol. The highest BCUT2D eigenvalue weighted by molar-refractivity contribution is 7.91. The number of sulfone groups is 1. The molecule has 1 atom stereocenters. The van der Waals surface area contributed by atoms with E-state index in [0.29, 0.717) is 0 Å². The maximum Gasteiger partial charge on any atom is 0.330 e. The summed E-state index contributed by atoms with van der Waals surface area (Å²) >= 11 is 0. The van der Waals surface area contributed by atoms with Gasteiger partial charge in [0.2, 0.25) is 5.91 Å². The van der Waals surface area contributed by atoms with Gasteiger partial charge in [-0.2, -0.15) is 0 Å². The molecule has 2 N–H and O–H groups in total. The Kier molecular flexibility index (Phi) is 6.51. The highest BCUT2D eigenvalue weighted by atomic mass is 32.2. The molecule has 0 bridgehead atoms. The largest absolute Gasteiger partial charge is 0.467 e. The average molecular weight is 329 g/mol. The standard InChI is InChI=1S/C14H19NO6S/c1-10-3-5-11(6-4-10)22(19,20)8-7-13(17)15-12(9-16)14(18)21-2/h3-6,12,16H,7-9H2,1-2H3,(H,15,17)/t12-/m1/s1. The van der Waals surface area contributed by atoms with Gasteiger partial charge in [0.25, 0.3) is 0 Å². The minimum atomic E-state index is -3.58. The van der Waals surface area contributed by atoms with E-state index in [1.807, 2.05) is 6.92 Å². The van der Waals surface area contributed by atoms with Gasteiger partial charge in [-0.05, 0) is 19.1 Å². The molecule has 0 aromatic heterocycles. The zero-order chi connectivity index (χ0) is 16.8. The third-order valence-corrected chi connectivity index (χ3v) is 4.71. The van der Waals surface area contributed by atoms with Gasteiger partial charge >= 0.3 is 5.97 Å². The first-order valence-electron chi connectivity index (χ1n) is 6.57. The molecule has 1 aromatic carbocycles. The van der Waals surface area contributed by atoms with Crippen LogP contribution in [0, 0.1) is 6.92 Å². The molecule has 22 heavy (non-hydrogen) atoms. The van der Waals surface area contributed by atoms with Crippen LogP contribution in [0.1, 0.15) is 12.0 Å². The second-order valence-electron chi connectivity index (χ2n) is 4.71. The van der Waals surface area contributed by atoms with Crippen molar-refractivity contribution in [1.82, 2.24) is 5.32 Å². The number of nitrogens with one attached hydrogen (secondary N) is 1. The lowest BCUT2D eigenvalue weighted by atomic mass is 10.2. The molecule has 1 aromatic rings. The molecule has 0 fully saturated rings. The Morgan fingerprint density at radius 2 is 1.86 bits per heavy atom. The summed E-state index contributed by atoms with van der Waals surface area (Å²) in [4.78, 5) is 23.0. The van der Waals surface area contributed by atoms with Gasteiger partial charge in [0.1, 0.15) is 0 Å². The van der Waals surface area contributed by atoms with E-state index in [2.05, 4.69) is 10.1 Å². The third kappa shape index (κ3) is 5.12. The van der Waals surface area contributed by atoms with Gasteiger partial charge in [-0.15, -0.1) is 0 Å². The average Bonchev–Trinajstić information content (AvgIpc) is 2.50. The highest BCUT2D eigenvalue weighted by Crippen LogP contribution is 2.13. The summed E-state index contributed by atoms with van der Waals surface area (Å²) < 4.78 is 28.5. The molecule has 0 heterocycles. The lowest BCUT2D eigenvalue weighted by Crippen LogP contribution is -2.44. The highest BCUT2D eigenvalue weighted by Gasteiger charge is 2.22. The van der Waals surface area contributed by atoms with Crippen molar-refractivity contribution in [1.29, 1.82) is 0 Å². The number of hydrogen-bond acceptors (Lipinski definition) is 6. The molecule has 0 aliphatic heterocycles. The summed E-state index contributed by atoms with van der Waals surface area (Å²) in [6.45, 7) is 1.22. The van der Waals surface area contributed by atoms with E-state index in [1.165, 1.54) is 12.1 Å². The van der Waals surface area contributed by atoms with Gasteiger partial charge in [0, 0.05) is 6.42 Å². The summed E-state index contributed by atoms with van der Waals surface area (Å²) in [6.07, 6.45) is -0.316. The van der Waals surface area contributed by atoms with Crippen molar-refractivity contribution in [2.24, 2.45) is 0 Å². The van der Waals surface area contributed by atoms with E-state index >= 15 is 0 Å². The summed E-state index contributed by atoms with van der Waals surface area (Å²) in [5.74, 6) is -1.83. The number of carbonyl (C=O) groups is 2. The van der Waals surface area contributed by atoms with Gasteiger partial charge in [-0.1, -0.05) is 17.7 Å². The maximum atomic E-state index is 12.1. The summed E-state index contributed by atoms with van der Waals surface area (Å²) in [6, 6.07) is 5.11. The predicted octanol–water partition coefficient (Wildman–Crippen LogP) is -0.191. The van der Waals surface area contributed by atoms with Crippen molar-refractivity contribution in [2.45, 2.75) is 24.3 Å². The zero-order valence-electron chi connectivity index (χ0n) is 12.4. The molecule has 8 heteroatoms. The van der Waals surface area contributed by atoms with Gasteiger partial charge in [0.15, 0.2) is 15.9 Å². The van der Waals surface area contributed by atoms with Crippen LogP contribution in [-0.2, 0) is 24.2 Å². The van der Waals surface area contributed by atoms with E-state index in [9.17, 15) is 18.0 Å². The minimum Gasteiger partial charge on any atom is -0.467 e. The molecule has 122 valence electrons. The number of rotatable bonds is 7. The van der Waals surface area contributed by atoms with Crippen LogP contribution in [0.2, 0.25) is 0 Å². The first-order chi connectivity index (χ1) is 10.3. The Balaban J connectivity index is 2.63. The summed E-state index contributed by atoms with van der Waals surface area (Å²) in [5.41, 5.74) is 0.931. The van der Waals surface area contributed by atoms with Crippen molar-refractivity contribution >= 4 is 21.7 Å². The maximum absolute atomic E-state index is 12.1. The van der Waals surface area contributed by atoms with E-state index in [1.54, 1.807) is 12.1 Å². The van der Waals surface area contributed by atoms with Gasteiger partial charge in [-0.3, -0.25) is 4.79 Å². The van der Waals surface area contributed by atoms with Crippen LogP contribution in [-0.4, -0.2) is 50.9 Å². The third-order valence-electron chi connectivity index (χ3n) is 2.98. The molecule has 0 aliphatic rings. The summed E-state index contributed by atoms with van der Waals surface area (Å²) in [7, 11) is -2.46. The number of aryl methyl sites for hydroxylation is 1. The fourth-order valence-electron chi connectivity index (χ4n) is 1.68. The SMILES string of the molecule is COC(=O)[C@@H](CO)NC(=O)CCS(=O)(=O)c1ccc(C)cc1. The van der Waals surface area contributed by atoms with Crippen LogP contribution < -0.4 is 5.32 Å². The smallest absolute Gasteiger partial charge is 0.330 e. The Morgan fingerprint density at radius 3 is 2.36 bits per heavy atom. The number of esters is 1. The zero-order valence-corrected chi connectivity index (χ0v) is 13.2. The molecule has 0 radical (unpaired) electrons. The lowest BCUT2D eigenvalue weighted by Gasteiger charge is -2.13. The first kappa shape index (κ1) is 18.1. The van der Waals surface area contributed by atoms with Crippen molar-refractivity contribution < 1.29 is 27.9 Å². The van der Waals surface area contributed by atoms with Crippen LogP contribution in [0.25, 0.3) is 0 Å². The number of hydrogen-bond donors (Lipinski definition) is 2. The molecule has 0 aliphatic carbocycles. The minimum absolute atomic E-state index is 0.137. The number of carbonyl (C=O) groups excluding carboxylic acids is 2. The van der Waals surface area contributed by atoms with E-state index in [4.69, 9.17) is 5.11 Å². The predicted molar refractivity (Wildman–Crippen MR) is 78.9 cm³/mol. The molecule has 1 rings (SSSR count). The van der Waals surface area contributed by atoms with Crippen LogP contribution in [0.5, 0.6) is 0 Å². The van der Waals surface area contributed by atoms with E-state index in [-0.39, 0.29) is 17.1 Å². The quantitative estimate of drug-likeness (QED) is 0.671. The molecule has 7 nitrogen and oxygen atoms in total. The lowest BCUT2D eigenvalue weighted by molar-refractivity contribution is -0.146. The molecular formula is C14H19NO6S. The number of benzene rings is 1. The van der Waals surface area contributed by atoms with Crippen molar-refractivity contribution in [3.05, 3.63) is 29.8 Å². The van der Waals surface area contributed by atoms with Crippen LogP contribution in [0.3, 0.4) is 0 Å². The Labute approximate surface area is 129 Å². The number of aliphatic hydroxyl groups is 1. The van der Waals surface area contributed by atoms with Crippen molar-refractivity contribution in [3.8, 4) is 0 Å². The molecule has 0 unspecified atom stereocenters. The first-order valence-corrected chi connectivity index (χ1v) is 8.23. The van der Waals surface area contributed by atoms with Crippen molar-refractivity contribution in [2.75, 3.05) is 19.5 Å². The molecule has 0 saturated carbocycles. The van der Waals surface area contributed by atoms with Crippen molar-refractivity contribution in [3.63, 3.8) is 0 Å². The normalized spacial score (nSPS) is 12.5. The number of aliphatic hydroxyl groups excluding tert-OH is 1. The topological polar surface area (TPSA) is 110 Å². The fraction of sp³-hybridized carbons (Fsp3) is 0.429. The Hall–Kier alpha value is -1.93. The second kappa shape index (κ2) is 7.90. The molecule has 1 amide bonds. The molecule has 0 saturated heterocycles. The fourth-order valence-corrected chi connectivity index (χ4v) is 2.92. The van der Waals surface area contributed by atoms with Gasteiger partial charge in [-0.25, -0.2) is 13.2 Å². The van der Waals surface area contributed by atoms with E-state index < -0.39 is 34.4 Å². The van der Waals surface area contributed by atoms with E-state index in [0.717, 1.165) is 12.7 Å². The molecular weight excluding hydrogens is 310 g/mol. The Morgan fingerprint density at radius 1 is 1.27 bits per heavy atom. The number of methoxy groups -OCH3 is 1. The van der Waals surface area contributed by atoms with Gasteiger partial charge < -0.3 is 15.2 Å². The second-order valence-corrected chi connectivity index (χ2v) is 6.82. The molecule has 0 spiro atoms.